The molecule has 0 fully saturated rings. The Bertz CT molecular complexity index is 544. The molecule has 0 unspecified atom stereocenters. The monoisotopic (exact) mass is 245 g/mol. The third kappa shape index (κ3) is 2.75. The minimum atomic E-state index is 0.0747. The van der Waals surface area contributed by atoms with Gasteiger partial charge in [-0.25, -0.2) is 4.98 Å². The topological polar surface area (TPSA) is 81.3 Å². The van der Waals surface area contributed by atoms with Gasteiger partial charge in [0.05, 0.1) is 0 Å². The molecule has 94 valence electrons. The molecule has 2 aromatic rings. The zero-order valence-corrected chi connectivity index (χ0v) is 10.1. The Morgan fingerprint density at radius 3 is 2.89 bits per heavy atom. The van der Waals surface area contributed by atoms with Crippen LogP contribution >= 0.6 is 0 Å². The predicted molar refractivity (Wildman–Crippen MR) is 68.5 cm³/mol. The van der Waals surface area contributed by atoms with Crippen molar-refractivity contribution in [2.45, 2.75) is 13.3 Å². The molecule has 5 heteroatoms. The molecule has 0 bridgehead atoms. The lowest BCUT2D eigenvalue weighted by molar-refractivity contribution is 0.297. The first kappa shape index (κ1) is 12.3. The Kier molecular flexibility index (Phi) is 3.74. The Balaban J connectivity index is 2.30. The van der Waals surface area contributed by atoms with Gasteiger partial charge in [0.25, 0.3) is 0 Å². The van der Waals surface area contributed by atoms with E-state index in [1.54, 1.807) is 6.20 Å². The number of nitrogens with two attached hydrogens (primary N) is 1. The molecule has 2 rings (SSSR count). The summed E-state index contributed by atoms with van der Waals surface area (Å²) in [5.74, 6) is 1.29. The number of hydrogen-bond donors (Lipinski definition) is 2. The van der Waals surface area contributed by atoms with Crippen molar-refractivity contribution >= 4 is 5.95 Å². The standard InChI is InChI=1S/C13H15N3O2/c1-9-8-15-13(14)16-12(9)18-11-5-3-2-4-10(11)6-7-17/h2-5,8,17H,6-7H2,1H3,(H2,14,15,16). The van der Waals surface area contributed by atoms with Crippen LogP contribution in [-0.4, -0.2) is 21.7 Å². The number of ether oxygens (including phenoxy) is 1. The molecule has 1 aromatic heterocycles. The molecular formula is C13H15N3O2. The number of rotatable bonds is 4. The van der Waals surface area contributed by atoms with Gasteiger partial charge in [0.1, 0.15) is 5.75 Å². The van der Waals surface area contributed by atoms with E-state index < -0.39 is 0 Å². The van der Waals surface area contributed by atoms with Gasteiger partial charge >= 0.3 is 0 Å². The zero-order valence-electron chi connectivity index (χ0n) is 10.1. The number of nitrogen functional groups attached to an aromatic ring is 1. The number of aliphatic hydroxyl groups is 1. The molecule has 0 aliphatic rings. The van der Waals surface area contributed by atoms with Crippen molar-refractivity contribution in [1.29, 1.82) is 0 Å². The lowest BCUT2D eigenvalue weighted by atomic mass is 10.1. The summed E-state index contributed by atoms with van der Waals surface area (Å²) in [5, 5.41) is 9.01. The van der Waals surface area contributed by atoms with Gasteiger partial charge < -0.3 is 15.6 Å². The molecular weight excluding hydrogens is 230 g/mol. The van der Waals surface area contributed by atoms with Gasteiger partial charge in [-0.15, -0.1) is 0 Å². The van der Waals surface area contributed by atoms with Crippen LogP contribution in [0.4, 0.5) is 5.95 Å². The van der Waals surface area contributed by atoms with E-state index in [-0.39, 0.29) is 12.6 Å². The summed E-state index contributed by atoms with van der Waals surface area (Å²) in [6, 6.07) is 7.52. The maximum atomic E-state index is 9.01. The lowest BCUT2D eigenvalue weighted by Crippen LogP contribution is -2.01. The van der Waals surface area contributed by atoms with E-state index in [0.717, 1.165) is 11.1 Å². The molecule has 0 amide bonds. The zero-order chi connectivity index (χ0) is 13.0. The van der Waals surface area contributed by atoms with Crippen molar-refractivity contribution in [2.75, 3.05) is 12.3 Å². The maximum Gasteiger partial charge on any atom is 0.226 e. The van der Waals surface area contributed by atoms with Gasteiger partial charge in [0, 0.05) is 18.4 Å². The van der Waals surface area contributed by atoms with Crippen molar-refractivity contribution in [2.24, 2.45) is 0 Å². The average Bonchev–Trinajstić information content (AvgIpc) is 2.36. The van der Waals surface area contributed by atoms with Crippen LogP contribution in [0.2, 0.25) is 0 Å². The molecule has 0 atom stereocenters. The van der Waals surface area contributed by atoms with E-state index in [4.69, 9.17) is 15.6 Å². The quantitative estimate of drug-likeness (QED) is 0.856. The Morgan fingerprint density at radius 1 is 1.33 bits per heavy atom. The molecule has 5 nitrogen and oxygen atoms in total. The molecule has 0 aliphatic heterocycles. The third-order valence-electron chi connectivity index (χ3n) is 2.50. The first-order valence-electron chi connectivity index (χ1n) is 5.66. The smallest absolute Gasteiger partial charge is 0.226 e. The van der Waals surface area contributed by atoms with Crippen LogP contribution in [0.5, 0.6) is 11.6 Å². The number of hydrogen-bond acceptors (Lipinski definition) is 5. The highest BCUT2D eigenvalue weighted by atomic mass is 16.5. The van der Waals surface area contributed by atoms with Crippen LogP contribution in [0, 0.1) is 6.92 Å². The van der Waals surface area contributed by atoms with Crippen LogP contribution in [0.1, 0.15) is 11.1 Å². The average molecular weight is 245 g/mol. The summed E-state index contributed by atoms with van der Waals surface area (Å²) in [6.07, 6.45) is 2.15. The van der Waals surface area contributed by atoms with E-state index in [9.17, 15) is 0 Å². The largest absolute Gasteiger partial charge is 0.438 e. The van der Waals surface area contributed by atoms with Crippen molar-refractivity contribution in [1.82, 2.24) is 9.97 Å². The fraction of sp³-hybridized carbons (Fsp3) is 0.231. The van der Waals surface area contributed by atoms with E-state index in [2.05, 4.69) is 9.97 Å². The Morgan fingerprint density at radius 2 is 2.11 bits per heavy atom. The second-order valence-electron chi connectivity index (χ2n) is 3.90. The molecule has 0 saturated carbocycles. The molecule has 0 radical (unpaired) electrons. The van der Waals surface area contributed by atoms with Gasteiger partial charge in [-0.1, -0.05) is 18.2 Å². The molecule has 18 heavy (non-hydrogen) atoms. The summed E-state index contributed by atoms with van der Waals surface area (Å²) in [5.41, 5.74) is 7.27. The Hall–Kier alpha value is -2.14. The highest BCUT2D eigenvalue weighted by molar-refractivity contribution is 5.39. The van der Waals surface area contributed by atoms with E-state index in [1.165, 1.54) is 0 Å². The normalized spacial score (nSPS) is 10.3. The maximum absolute atomic E-state index is 9.01. The summed E-state index contributed by atoms with van der Waals surface area (Å²) >= 11 is 0. The van der Waals surface area contributed by atoms with Crippen molar-refractivity contribution in [3.63, 3.8) is 0 Å². The van der Waals surface area contributed by atoms with Crippen LogP contribution in [0.25, 0.3) is 0 Å². The number of benzene rings is 1. The van der Waals surface area contributed by atoms with E-state index in [0.29, 0.717) is 18.1 Å². The summed E-state index contributed by atoms with van der Waals surface area (Å²) < 4.78 is 5.73. The Labute approximate surface area is 105 Å². The number of aliphatic hydroxyl groups excluding tert-OH is 1. The molecule has 0 spiro atoms. The summed E-state index contributed by atoms with van der Waals surface area (Å²) in [6.45, 7) is 1.93. The number of anilines is 1. The van der Waals surface area contributed by atoms with E-state index >= 15 is 0 Å². The van der Waals surface area contributed by atoms with Crippen molar-refractivity contribution < 1.29 is 9.84 Å². The molecule has 3 N–H and O–H groups in total. The first-order chi connectivity index (χ1) is 8.70. The second kappa shape index (κ2) is 5.46. The minimum Gasteiger partial charge on any atom is -0.438 e. The SMILES string of the molecule is Cc1cnc(N)nc1Oc1ccccc1CCO. The van der Waals surface area contributed by atoms with Crippen molar-refractivity contribution in [3.8, 4) is 11.6 Å². The number of aryl methyl sites for hydroxylation is 1. The summed E-state index contributed by atoms with van der Waals surface area (Å²) in [7, 11) is 0. The van der Waals surface area contributed by atoms with Crippen LogP contribution in [0.3, 0.4) is 0 Å². The lowest BCUT2D eigenvalue weighted by Gasteiger charge is -2.11. The van der Waals surface area contributed by atoms with Gasteiger partial charge in [0.2, 0.25) is 11.8 Å². The fourth-order valence-corrected chi connectivity index (χ4v) is 1.58. The van der Waals surface area contributed by atoms with Gasteiger partial charge in [-0.3, -0.25) is 0 Å². The predicted octanol–water partition coefficient (Wildman–Crippen LogP) is 1.69. The minimum absolute atomic E-state index is 0.0747. The van der Waals surface area contributed by atoms with Gasteiger partial charge in [-0.2, -0.15) is 4.98 Å². The van der Waals surface area contributed by atoms with Crippen LogP contribution in [0.15, 0.2) is 30.5 Å². The highest BCUT2D eigenvalue weighted by Crippen LogP contribution is 2.26. The first-order valence-corrected chi connectivity index (χ1v) is 5.66. The van der Waals surface area contributed by atoms with E-state index in [1.807, 2.05) is 31.2 Å². The second-order valence-corrected chi connectivity index (χ2v) is 3.90. The highest BCUT2D eigenvalue weighted by Gasteiger charge is 2.08. The number of para-hydroxylation sites is 1. The third-order valence-corrected chi connectivity index (χ3v) is 2.50. The van der Waals surface area contributed by atoms with Crippen molar-refractivity contribution in [3.05, 3.63) is 41.6 Å². The van der Waals surface area contributed by atoms with Gasteiger partial charge in [-0.05, 0) is 25.0 Å². The molecule has 1 heterocycles. The molecule has 1 aromatic carbocycles. The summed E-state index contributed by atoms with van der Waals surface area (Å²) in [4.78, 5) is 7.94. The number of nitrogens with zero attached hydrogens (tertiary/aromatic N) is 2. The fourth-order valence-electron chi connectivity index (χ4n) is 1.58. The van der Waals surface area contributed by atoms with Gasteiger partial charge in [0.15, 0.2) is 0 Å². The molecule has 0 saturated heterocycles. The van der Waals surface area contributed by atoms with Crippen LogP contribution < -0.4 is 10.5 Å². The number of aromatic nitrogens is 2. The van der Waals surface area contributed by atoms with Crippen LogP contribution in [-0.2, 0) is 6.42 Å². The molecule has 0 aliphatic carbocycles.